The predicted octanol–water partition coefficient (Wildman–Crippen LogP) is 14.2. The van der Waals surface area contributed by atoms with Crippen molar-refractivity contribution in [3.63, 3.8) is 0 Å². The number of phosphoric ester groups is 2. The number of phosphoric acid groups is 2. The Morgan fingerprint density at radius 3 is 1.04 bits per heavy atom. The predicted molar refractivity (Wildman–Crippen MR) is 355 cm³/mol. The molecule has 1 amide bonds. The number of amides is 1. The lowest BCUT2D eigenvalue weighted by molar-refractivity contribution is -0.344. The van der Waals surface area contributed by atoms with Gasteiger partial charge < -0.3 is 60.0 Å². The highest BCUT2D eigenvalue weighted by Gasteiger charge is 2.53. The Labute approximate surface area is 534 Å². The Hall–Kier alpha value is -3.49. The van der Waals surface area contributed by atoms with Crippen LogP contribution in [0.5, 0.6) is 0 Å². The molecule has 2 unspecified atom stereocenters. The summed E-state index contributed by atoms with van der Waals surface area (Å²) in [6, 6.07) is -1.77. The zero-order valence-electron chi connectivity index (χ0n) is 56.0. The molecule has 12 atom stereocenters. The number of nitrogens with one attached hydrogen (secondary N) is 1. The van der Waals surface area contributed by atoms with Gasteiger partial charge in [-0.1, -0.05) is 128 Å². The fourth-order valence-corrected chi connectivity index (χ4v) is 12.2. The highest BCUT2D eigenvalue weighted by atomic mass is 31.3. The first-order chi connectivity index (χ1) is 42.0. The molecule has 2 rings (SSSR count). The van der Waals surface area contributed by atoms with Crippen molar-refractivity contribution in [1.29, 1.82) is 0 Å². The van der Waals surface area contributed by atoms with Gasteiger partial charge in [0.2, 0.25) is 5.91 Å². The third kappa shape index (κ3) is 35.9. The summed E-state index contributed by atoms with van der Waals surface area (Å²) >= 11 is 0. The van der Waals surface area contributed by atoms with E-state index in [-0.39, 0.29) is 0 Å². The van der Waals surface area contributed by atoms with Crippen molar-refractivity contribution < 1.29 is 81.9 Å². The molecule has 2 heterocycles. The monoisotopic (exact) mass is 1290 g/mol. The zero-order chi connectivity index (χ0) is 66.7. The SMILES string of the molecule is CC(=O)N[C@H]1[C@@H](OP(=O)(O)OP(=O)(O)OC/C=C(/C)CC/C=C(/C)CC/C=C(/C)CC/C=C(/C)CC/C=C(/C)CC/C=C(/C)CC/C=C(/C)CC/C=C(/C)CC/C=C(\C)CC/C=C(\C)CCC=C(C)C)O[C@H](CO)[C@@H](O[C@@H]2O[C@H](CO)[C@H](O)[C@H](O)[C@H]2O)[C@@H]1O. The van der Waals surface area contributed by atoms with Crippen LogP contribution in [-0.4, -0.2) is 128 Å². The largest absolute Gasteiger partial charge is 0.483 e. The molecule has 0 saturated carbocycles. The first-order valence-corrected chi connectivity index (χ1v) is 35.0. The van der Waals surface area contributed by atoms with Gasteiger partial charge in [-0.3, -0.25) is 13.8 Å². The molecule has 0 radical (unpaired) electrons. The standard InChI is InChI=1S/C69H115NO17P2/c1-48(2)24-14-25-49(3)26-15-27-50(4)28-16-29-51(5)30-17-31-52(6)32-18-33-53(7)34-19-35-54(8)36-20-37-55(9)38-21-39-56(10)40-22-41-57(11)42-23-43-58(12)44-45-82-88(78,79)87-89(80,81)86-68-62(70-59(13)73)64(75)67(61(47-72)84-68)85-69-66(77)65(76)63(74)60(46-71)83-69/h24,26,28,30,32,34,36,38,40,42,44,60-69,71-72,74-77H,14-23,25,27,29,31,33,35,37,39,41,43,45-47H2,1-13H3,(H,70,73)(H,78,79)(H,80,81)/b49-26+,50-28+,51-30-,52-32-,53-34-,54-36-,55-38-,56-40-,57-42-,58-44-/t60-,61-,62-,63+,64-,65+,66-,67-,68-,69+/m1/s1. The van der Waals surface area contributed by atoms with E-state index in [4.69, 9.17) is 23.3 Å². The summed E-state index contributed by atoms with van der Waals surface area (Å²) in [6.45, 7) is 25.0. The van der Waals surface area contributed by atoms with Gasteiger partial charge in [0.05, 0.1) is 19.8 Å². The number of rotatable bonds is 42. The van der Waals surface area contributed by atoms with E-state index in [1.807, 2.05) is 0 Å². The Balaban J connectivity index is 1.68. The van der Waals surface area contributed by atoms with Crippen LogP contribution in [0.25, 0.3) is 0 Å². The number of aliphatic hydroxyl groups excluding tert-OH is 6. The Morgan fingerprint density at radius 2 is 0.730 bits per heavy atom. The van der Waals surface area contributed by atoms with Gasteiger partial charge >= 0.3 is 15.6 Å². The van der Waals surface area contributed by atoms with Crippen LogP contribution in [0, 0.1) is 0 Å². The van der Waals surface area contributed by atoms with Crippen LogP contribution < -0.4 is 5.32 Å². The van der Waals surface area contributed by atoms with Crippen molar-refractivity contribution in [3.05, 3.63) is 128 Å². The van der Waals surface area contributed by atoms with Crippen molar-refractivity contribution in [2.75, 3.05) is 19.8 Å². The van der Waals surface area contributed by atoms with Crippen LogP contribution in [0.3, 0.4) is 0 Å². The second kappa shape index (κ2) is 44.2. The minimum atomic E-state index is -5.60. The van der Waals surface area contributed by atoms with Crippen LogP contribution in [0.2, 0.25) is 0 Å². The molecule has 20 heteroatoms. The smallest absolute Gasteiger partial charge is 0.394 e. The van der Waals surface area contributed by atoms with E-state index in [2.05, 4.69) is 147 Å². The first kappa shape index (κ1) is 81.6. The maximum Gasteiger partial charge on any atom is 0.483 e. The van der Waals surface area contributed by atoms with E-state index in [0.29, 0.717) is 12.8 Å². The van der Waals surface area contributed by atoms with Gasteiger partial charge in [-0.05, 0) is 212 Å². The van der Waals surface area contributed by atoms with E-state index < -0.39 is 103 Å². The summed E-state index contributed by atoms with van der Waals surface area (Å²) in [6.07, 6.45) is 29.9. The molecule has 508 valence electrons. The normalized spacial score (nSPS) is 25.7. The second-order valence-electron chi connectivity index (χ2n) is 24.8. The number of hydrogen-bond acceptors (Lipinski definition) is 15. The number of carbonyl (C=O) groups is 1. The van der Waals surface area contributed by atoms with Gasteiger partial charge in [-0.25, -0.2) is 9.13 Å². The maximum atomic E-state index is 13.0. The number of allylic oxidation sites excluding steroid dienone is 21. The van der Waals surface area contributed by atoms with Gasteiger partial charge in [-0.15, -0.1) is 0 Å². The van der Waals surface area contributed by atoms with Gasteiger partial charge in [0.1, 0.15) is 48.8 Å². The van der Waals surface area contributed by atoms with Crippen LogP contribution in [-0.2, 0) is 41.5 Å². The number of hydrogen-bond donors (Lipinski definition) is 9. The minimum Gasteiger partial charge on any atom is -0.394 e. The van der Waals surface area contributed by atoms with Crippen molar-refractivity contribution in [2.45, 2.75) is 280 Å². The summed E-state index contributed by atoms with van der Waals surface area (Å²) in [4.78, 5) is 32.9. The molecule has 2 aliphatic rings. The van der Waals surface area contributed by atoms with Crippen LogP contribution in [0.1, 0.15) is 218 Å². The van der Waals surface area contributed by atoms with Crippen molar-refractivity contribution in [2.24, 2.45) is 0 Å². The summed E-state index contributed by atoms with van der Waals surface area (Å²) in [5, 5.41) is 63.8. The molecule has 0 bridgehead atoms. The van der Waals surface area contributed by atoms with Crippen LogP contribution >= 0.6 is 15.6 Å². The molecule has 0 aromatic carbocycles. The molecule has 0 aromatic heterocycles. The Bertz CT molecular complexity index is 2590. The van der Waals surface area contributed by atoms with Crippen LogP contribution in [0.4, 0.5) is 0 Å². The fourth-order valence-electron chi connectivity index (χ4n) is 10.2. The van der Waals surface area contributed by atoms with E-state index in [1.165, 1.54) is 61.8 Å². The third-order valence-electron chi connectivity index (χ3n) is 15.9. The van der Waals surface area contributed by atoms with Gasteiger partial charge in [0.25, 0.3) is 0 Å². The van der Waals surface area contributed by atoms with E-state index in [9.17, 15) is 54.4 Å². The topological polar surface area (TPSA) is 280 Å². The second-order valence-corrected chi connectivity index (χ2v) is 27.8. The zero-order valence-corrected chi connectivity index (χ0v) is 57.8. The molecule has 89 heavy (non-hydrogen) atoms. The summed E-state index contributed by atoms with van der Waals surface area (Å²) in [5.41, 5.74) is 15.1. The lowest BCUT2D eigenvalue weighted by Crippen LogP contribution is -2.67. The van der Waals surface area contributed by atoms with Crippen molar-refractivity contribution in [1.82, 2.24) is 5.32 Å². The molecule has 18 nitrogen and oxygen atoms in total. The highest BCUT2D eigenvalue weighted by molar-refractivity contribution is 7.61. The van der Waals surface area contributed by atoms with Gasteiger partial charge in [0.15, 0.2) is 12.6 Å². The quantitative estimate of drug-likeness (QED) is 0.0203. The van der Waals surface area contributed by atoms with Gasteiger partial charge in [0, 0.05) is 6.92 Å². The average Bonchev–Trinajstić information content (AvgIpc) is 0.975. The third-order valence-corrected chi connectivity index (χ3v) is 18.5. The molecule has 2 aliphatic heterocycles. The lowest BCUT2D eigenvalue weighted by Gasteiger charge is -2.47. The summed E-state index contributed by atoms with van der Waals surface area (Å²) < 4.78 is 56.6. The molecular weight excluding hydrogens is 1180 g/mol. The summed E-state index contributed by atoms with van der Waals surface area (Å²) in [7, 11) is -10.9. The average molecular weight is 1290 g/mol. The summed E-state index contributed by atoms with van der Waals surface area (Å²) in [5.74, 6) is -0.810. The number of ether oxygens (including phenoxy) is 3. The minimum absolute atomic E-state index is 0.471. The van der Waals surface area contributed by atoms with Gasteiger partial charge in [-0.2, -0.15) is 4.31 Å². The molecule has 2 saturated heterocycles. The van der Waals surface area contributed by atoms with Crippen molar-refractivity contribution >= 4 is 21.6 Å². The molecule has 9 N–H and O–H groups in total. The van der Waals surface area contributed by atoms with E-state index in [0.717, 1.165) is 128 Å². The Kier molecular flexibility index (Phi) is 40.5. The number of carbonyl (C=O) groups excluding carboxylic acids is 1. The molecule has 0 aromatic rings. The first-order valence-electron chi connectivity index (χ1n) is 32.0. The molecule has 0 spiro atoms. The Morgan fingerprint density at radius 1 is 0.416 bits per heavy atom. The lowest BCUT2D eigenvalue weighted by atomic mass is 9.95. The highest BCUT2D eigenvalue weighted by Crippen LogP contribution is 2.61. The maximum absolute atomic E-state index is 13.0. The number of aliphatic hydroxyl groups is 6. The molecular formula is C69H115NO17P2. The van der Waals surface area contributed by atoms with E-state index in [1.54, 1.807) is 6.92 Å². The molecule has 0 aliphatic carbocycles. The van der Waals surface area contributed by atoms with Crippen LogP contribution in [0.15, 0.2) is 128 Å². The fraction of sp³-hybridized carbons (Fsp3) is 0.667. The van der Waals surface area contributed by atoms with Crippen molar-refractivity contribution in [3.8, 4) is 0 Å². The van der Waals surface area contributed by atoms with E-state index >= 15 is 0 Å². The molecule has 2 fully saturated rings.